The first-order valence-corrected chi connectivity index (χ1v) is 11.5. The van der Waals surface area contributed by atoms with Gasteiger partial charge in [0, 0.05) is 30.7 Å². The summed E-state index contributed by atoms with van der Waals surface area (Å²) in [6.45, 7) is 3.54. The fourth-order valence-corrected chi connectivity index (χ4v) is 4.56. The van der Waals surface area contributed by atoms with Crippen molar-refractivity contribution in [2.75, 3.05) is 38.7 Å². The average molecular weight is 469 g/mol. The van der Waals surface area contributed by atoms with Crippen molar-refractivity contribution in [2.45, 2.75) is 18.2 Å². The molecule has 2 N–H and O–H groups in total. The highest BCUT2D eigenvalue weighted by Gasteiger charge is 2.22. The van der Waals surface area contributed by atoms with Crippen molar-refractivity contribution in [3.8, 4) is 11.5 Å². The molecule has 0 aliphatic carbocycles. The second-order valence-electron chi connectivity index (χ2n) is 7.21. The predicted molar refractivity (Wildman–Crippen MR) is 118 cm³/mol. The van der Waals surface area contributed by atoms with Gasteiger partial charge < -0.3 is 19.5 Å². The van der Waals surface area contributed by atoms with Crippen molar-refractivity contribution in [3.63, 3.8) is 0 Å². The lowest BCUT2D eigenvalue weighted by Gasteiger charge is -2.15. The summed E-state index contributed by atoms with van der Waals surface area (Å²) in [6.07, 6.45) is 0.893. The maximum Gasteiger partial charge on any atom is 0.262 e. The Kier molecular flexibility index (Phi) is 7.30. The Morgan fingerprint density at radius 2 is 1.94 bits per heavy atom. The van der Waals surface area contributed by atoms with Crippen LogP contribution >= 0.6 is 11.6 Å². The highest BCUT2D eigenvalue weighted by atomic mass is 35.5. The van der Waals surface area contributed by atoms with Gasteiger partial charge in [0.05, 0.1) is 36.4 Å². The van der Waals surface area contributed by atoms with E-state index in [0.29, 0.717) is 36.6 Å². The Bertz CT molecular complexity index is 1070. The molecule has 1 heterocycles. The number of sulfonamides is 1. The molecule has 31 heavy (non-hydrogen) atoms. The molecule has 1 unspecified atom stereocenters. The minimum absolute atomic E-state index is 0.0542. The van der Waals surface area contributed by atoms with E-state index in [-0.39, 0.29) is 33.2 Å². The number of anilines is 1. The molecule has 3 rings (SSSR count). The van der Waals surface area contributed by atoms with Crippen LogP contribution in [-0.4, -0.2) is 48.3 Å². The number of halogens is 1. The topological polar surface area (TPSA) is 103 Å². The molecule has 1 saturated heterocycles. The quantitative estimate of drug-likeness (QED) is 0.616. The van der Waals surface area contributed by atoms with E-state index in [0.717, 1.165) is 6.42 Å². The fourth-order valence-electron chi connectivity index (χ4n) is 3.23. The molecule has 8 nitrogen and oxygen atoms in total. The van der Waals surface area contributed by atoms with Crippen LogP contribution in [0, 0.1) is 12.8 Å². The second kappa shape index (κ2) is 9.76. The van der Waals surface area contributed by atoms with E-state index < -0.39 is 10.0 Å². The van der Waals surface area contributed by atoms with E-state index in [1.165, 1.54) is 38.5 Å². The van der Waals surface area contributed by atoms with Crippen molar-refractivity contribution in [1.82, 2.24) is 5.32 Å². The molecule has 1 fully saturated rings. The molecule has 1 amide bonds. The van der Waals surface area contributed by atoms with Crippen LogP contribution in [0.3, 0.4) is 0 Å². The molecule has 0 radical (unpaired) electrons. The number of methoxy groups -OCH3 is 2. The van der Waals surface area contributed by atoms with Crippen LogP contribution in [-0.2, 0) is 14.8 Å². The van der Waals surface area contributed by atoms with Crippen LogP contribution in [0.4, 0.5) is 5.69 Å². The molecule has 0 spiro atoms. The van der Waals surface area contributed by atoms with Gasteiger partial charge >= 0.3 is 0 Å². The minimum Gasteiger partial charge on any atom is -0.495 e. The van der Waals surface area contributed by atoms with Gasteiger partial charge in [0.1, 0.15) is 11.5 Å². The van der Waals surface area contributed by atoms with Gasteiger partial charge in [-0.1, -0.05) is 17.7 Å². The number of benzene rings is 2. The largest absolute Gasteiger partial charge is 0.495 e. The number of aryl methyl sites for hydroxylation is 1. The Morgan fingerprint density at radius 1 is 1.19 bits per heavy atom. The van der Waals surface area contributed by atoms with Gasteiger partial charge in [-0.3, -0.25) is 9.52 Å². The second-order valence-corrected chi connectivity index (χ2v) is 9.30. The summed E-state index contributed by atoms with van der Waals surface area (Å²) < 4.78 is 44.2. The van der Waals surface area contributed by atoms with Crippen molar-refractivity contribution in [2.24, 2.45) is 5.92 Å². The minimum atomic E-state index is -4.02. The lowest BCUT2D eigenvalue weighted by molar-refractivity contribution is 0.0944. The SMILES string of the molecule is COc1cc(OC)c(NS(=O)(=O)c2ccc(C)c(C(=O)NCC3CCOC3)c2)cc1Cl. The van der Waals surface area contributed by atoms with Gasteiger partial charge in [-0.2, -0.15) is 0 Å². The molecule has 168 valence electrons. The number of carbonyl (C=O) groups is 1. The molecule has 0 saturated carbocycles. The van der Waals surface area contributed by atoms with Gasteiger partial charge in [-0.05, 0) is 37.1 Å². The standard InChI is InChI=1S/C21H25ClN2O6S/c1-13-4-5-15(8-16(13)21(25)23-11-14-6-7-30-12-14)31(26,27)24-18-9-17(22)19(28-2)10-20(18)29-3/h4-5,8-10,14,24H,6-7,11-12H2,1-3H3,(H,23,25). The number of carbonyl (C=O) groups excluding carboxylic acids is 1. The highest BCUT2D eigenvalue weighted by molar-refractivity contribution is 7.92. The fraction of sp³-hybridized carbons (Fsp3) is 0.381. The van der Waals surface area contributed by atoms with Crippen LogP contribution < -0.4 is 19.5 Å². The maximum atomic E-state index is 13.0. The van der Waals surface area contributed by atoms with E-state index in [1.807, 2.05) is 0 Å². The molecule has 10 heteroatoms. The first kappa shape index (κ1) is 23.2. The van der Waals surface area contributed by atoms with Crippen LogP contribution in [0.25, 0.3) is 0 Å². The summed E-state index contributed by atoms with van der Waals surface area (Å²) in [6, 6.07) is 7.29. The summed E-state index contributed by atoms with van der Waals surface area (Å²) in [7, 11) is -1.16. The lowest BCUT2D eigenvalue weighted by atomic mass is 10.1. The third-order valence-corrected chi connectivity index (χ3v) is 6.72. The van der Waals surface area contributed by atoms with E-state index >= 15 is 0 Å². The molecule has 1 aliphatic heterocycles. The molecule has 2 aromatic carbocycles. The molecule has 2 aromatic rings. The van der Waals surface area contributed by atoms with Crippen molar-refractivity contribution >= 4 is 33.2 Å². The first-order chi connectivity index (χ1) is 14.7. The van der Waals surface area contributed by atoms with Crippen LogP contribution in [0.1, 0.15) is 22.3 Å². The van der Waals surface area contributed by atoms with Gasteiger partial charge in [-0.15, -0.1) is 0 Å². The lowest BCUT2D eigenvalue weighted by Crippen LogP contribution is -2.30. The van der Waals surface area contributed by atoms with E-state index in [9.17, 15) is 13.2 Å². The zero-order valence-corrected chi connectivity index (χ0v) is 19.1. The highest BCUT2D eigenvalue weighted by Crippen LogP contribution is 2.37. The predicted octanol–water partition coefficient (Wildman–Crippen LogP) is 3.23. The third kappa shape index (κ3) is 5.41. The van der Waals surface area contributed by atoms with E-state index in [1.54, 1.807) is 13.0 Å². The summed E-state index contributed by atoms with van der Waals surface area (Å²) in [5, 5.41) is 3.09. The Morgan fingerprint density at radius 3 is 2.58 bits per heavy atom. The molecule has 0 aromatic heterocycles. The van der Waals surface area contributed by atoms with E-state index in [4.69, 9.17) is 25.8 Å². The summed E-state index contributed by atoms with van der Waals surface area (Å²) in [5.41, 5.74) is 1.12. The number of hydrogen-bond donors (Lipinski definition) is 2. The van der Waals surface area contributed by atoms with Crippen LogP contribution in [0.5, 0.6) is 11.5 Å². The van der Waals surface area contributed by atoms with Crippen LogP contribution in [0.2, 0.25) is 5.02 Å². The number of rotatable bonds is 8. The monoisotopic (exact) mass is 468 g/mol. The Balaban J connectivity index is 1.84. The smallest absolute Gasteiger partial charge is 0.262 e. The van der Waals surface area contributed by atoms with E-state index in [2.05, 4.69) is 10.0 Å². The molecule has 1 aliphatic rings. The number of hydrogen-bond acceptors (Lipinski definition) is 6. The van der Waals surface area contributed by atoms with Gasteiger partial charge in [0.15, 0.2) is 0 Å². The summed E-state index contributed by atoms with van der Waals surface area (Å²) in [5.74, 6) is 0.536. The zero-order valence-electron chi connectivity index (χ0n) is 17.5. The van der Waals surface area contributed by atoms with Gasteiger partial charge in [-0.25, -0.2) is 8.42 Å². The Labute approximate surface area is 186 Å². The number of ether oxygens (including phenoxy) is 3. The normalized spacial score (nSPS) is 16.1. The summed E-state index contributed by atoms with van der Waals surface area (Å²) >= 11 is 6.13. The maximum absolute atomic E-state index is 13.0. The molecular weight excluding hydrogens is 444 g/mol. The van der Waals surface area contributed by atoms with Crippen LogP contribution in [0.15, 0.2) is 35.2 Å². The molecule has 1 atom stereocenters. The van der Waals surface area contributed by atoms with Crippen molar-refractivity contribution in [3.05, 3.63) is 46.5 Å². The number of amides is 1. The van der Waals surface area contributed by atoms with Crippen molar-refractivity contribution in [1.29, 1.82) is 0 Å². The average Bonchev–Trinajstić information content (AvgIpc) is 3.26. The van der Waals surface area contributed by atoms with Gasteiger partial charge in [0.2, 0.25) is 0 Å². The Hall–Kier alpha value is -2.49. The first-order valence-electron chi connectivity index (χ1n) is 9.66. The van der Waals surface area contributed by atoms with Crippen molar-refractivity contribution < 1.29 is 27.4 Å². The molecule has 0 bridgehead atoms. The number of nitrogens with one attached hydrogen (secondary N) is 2. The molecular formula is C21H25ClN2O6S. The third-order valence-electron chi connectivity index (χ3n) is 5.06. The summed E-state index contributed by atoms with van der Waals surface area (Å²) in [4.78, 5) is 12.6. The van der Waals surface area contributed by atoms with Gasteiger partial charge in [0.25, 0.3) is 15.9 Å². The zero-order chi connectivity index (χ0) is 22.6.